The van der Waals surface area contributed by atoms with Crippen molar-refractivity contribution in [2.45, 2.75) is 24.4 Å². The van der Waals surface area contributed by atoms with Gasteiger partial charge in [-0.15, -0.1) is 0 Å². The van der Waals surface area contributed by atoms with Gasteiger partial charge in [-0.25, -0.2) is 13.4 Å². The number of primary amides is 1. The maximum absolute atomic E-state index is 12.7. The molecule has 0 fully saturated rings. The quantitative estimate of drug-likeness (QED) is 0.564. The Kier molecular flexibility index (Phi) is 6.06. The van der Waals surface area contributed by atoms with Crippen molar-refractivity contribution in [3.63, 3.8) is 0 Å². The van der Waals surface area contributed by atoms with Crippen LogP contribution in [0.25, 0.3) is 0 Å². The minimum absolute atomic E-state index is 0.0500. The molecule has 1 rings (SSSR count). The summed E-state index contributed by atoms with van der Waals surface area (Å²) in [6.07, 6.45) is 1.26. The molecule has 2 N–H and O–H groups in total. The second-order valence-electron chi connectivity index (χ2n) is 4.77. The molecule has 24 heavy (non-hydrogen) atoms. The van der Waals surface area contributed by atoms with Crippen LogP contribution in [0.4, 0.5) is 13.2 Å². The summed E-state index contributed by atoms with van der Waals surface area (Å²) < 4.78 is 66.6. The number of nitrogens with zero attached hydrogens (tertiary/aromatic N) is 2. The van der Waals surface area contributed by atoms with Crippen molar-refractivity contribution in [2.24, 2.45) is 5.73 Å². The van der Waals surface area contributed by atoms with E-state index in [4.69, 9.17) is 22.1 Å². The molecule has 0 unspecified atom stereocenters. The first-order chi connectivity index (χ1) is 10.8. The highest BCUT2D eigenvalue weighted by atomic mass is 35.5. The summed E-state index contributed by atoms with van der Waals surface area (Å²) in [5.41, 5.74) is -0.511. The van der Waals surface area contributed by atoms with Gasteiger partial charge in [0.05, 0.1) is 0 Å². The number of carbonyl (C=O) groups excluding carboxylic acids is 1. The average molecular weight is 390 g/mol. The van der Waals surface area contributed by atoms with Crippen molar-refractivity contribution in [1.29, 1.82) is 0 Å². The minimum atomic E-state index is -5.67. The molecule has 1 atom stereocenters. The third-order valence-corrected chi connectivity index (χ3v) is 5.14. The highest BCUT2D eigenvalue weighted by Crippen LogP contribution is 2.34. The zero-order valence-electron chi connectivity index (χ0n) is 12.7. The zero-order chi connectivity index (χ0) is 18.8. The van der Waals surface area contributed by atoms with Crippen LogP contribution >= 0.6 is 11.6 Å². The Morgan fingerprint density at radius 2 is 2.04 bits per heavy atom. The molecule has 0 aliphatic heterocycles. The van der Waals surface area contributed by atoms with Crippen molar-refractivity contribution >= 4 is 27.5 Å². The van der Waals surface area contributed by atoms with Gasteiger partial charge in [0.1, 0.15) is 17.2 Å². The van der Waals surface area contributed by atoms with Gasteiger partial charge in [-0.2, -0.15) is 17.5 Å². The van der Waals surface area contributed by atoms with Gasteiger partial charge < -0.3 is 10.5 Å². The first-order valence-electron chi connectivity index (χ1n) is 6.50. The second kappa shape index (κ2) is 7.11. The van der Waals surface area contributed by atoms with Gasteiger partial charge in [0.2, 0.25) is 5.88 Å². The Labute approximate surface area is 141 Å². The topological polar surface area (TPSA) is 103 Å². The fourth-order valence-corrected chi connectivity index (χ4v) is 3.43. The summed E-state index contributed by atoms with van der Waals surface area (Å²) in [7, 11) is -5.67. The molecule has 12 heteroatoms. The number of amides is 1. The van der Waals surface area contributed by atoms with Crippen molar-refractivity contribution < 1.29 is 31.1 Å². The molecule has 0 aromatic carbocycles. The normalized spacial score (nSPS) is 15.1. The maximum atomic E-state index is 12.7. The Morgan fingerprint density at radius 1 is 1.46 bits per heavy atom. The van der Waals surface area contributed by atoms with Gasteiger partial charge in [-0.3, -0.25) is 4.79 Å². The van der Waals surface area contributed by atoms with Gasteiger partial charge in [0.15, 0.2) is 0 Å². The van der Waals surface area contributed by atoms with Crippen LogP contribution in [0.2, 0.25) is 0 Å². The van der Waals surface area contributed by atoms with E-state index in [-0.39, 0.29) is 15.7 Å². The highest BCUT2D eigenvalue weighted by Gasteiger charge is 2.54. The van der Waals surface area contributed by atoms with E-state index in [1.807, 2.05) is 0 Å². The molecule has 1 aromatic heterocycles. The number of rotatable bonds is 7. The van der Waals surface area contributed by atoms with Gasteiger partial charge in [0, 0.05) is 12.7 Å². The molecule has 0 saturated heterocycles. The number of pyridine rings is 1. The van der Waals surface area contributed by atoms with Crippen LogP contribution in [0.5, 0.6) is 5.88 Å². The van der Waals surface area contributed by atoms with E-state index >= 15 is 0 Å². The lowest BCUT2D eigenvalue weighted by molar-refractivity contribution is -0.0510. The van der Waals surface area contributed by atoms with Crippen LogP contribution in [0.15, 0.2) is 18.3 Å². The molecule has 1 heterocycles. The molecule has 1 amide bonds. The fourth-order valence-electron chi connectivity index (χ4n) is 1.84. The van der Waals surface area contributed by atoms with Gasteiger partial charge in [-0.1, -0.05) is 18.5 Å². The fraction of sp³-hybridized carbons (Fsp3) is 0.500. The van der Waals surface area contributed by atoms with Crippen LogP contribution in [0.3, 0.4) is 0 Å². The molecule has 136 valence electrons. The second-order valence-corrected chi connectivity index (χ2v) is 7.44. The van der Waals surface area contributed by atoms with Crippen LogP contribution < -0.4 is 10.5 Å². The number of ether oxygens (including phenoxy) is 1. The molecule has 0 saturated carbocycles. The first kappa shape index (κ1) is 20.5. The smallest absolute Gasteiger partial charge is 0.474 e. The molecule has 0 aliphatic carbocycles. The van der Waals surface area contributed by atoms with Crippen LogP contribution in [0.1, 0.15) is 24.2 Å². The number of alkyl halides is 4. The average Bonchev–Trinajstić information content (AvgIpc) is 2.44. The summed E-state index contributed by atoms with van der Waals surface area (Å²) in [5, 5.41) is 0. The van der Waals surface area contributed by atoms with E-state index in [1.54, 1.807) is 0 Å². The molecular weight excluding hydrogens is 375 g/mol. The molecule has 0 aliphatic rings. The zero-order valence-corrected chi connectivity index (χ0v) is 14.2. The monoisotopic (exact) mass is 389 g/mol. The standard InChI is InChI=1S/C12H15ClF3N3O4S/c1-3-19(24(21,22)12(14,15)16)11(2,13)7-23-10-8(9(17)20)5-4-6-18-10/h4-6H,3,7H2,1-2H3,(H2,17,20)/t11-/m1/s1. The van der Waals surface area contributed by atoms with E-state index in [9.17, 15) is 26.4 Å². The number of sulfonamides is 1. The number of likely N-dealkylation sites (N-methyl/N-ethyl adjacent to an activating group) is 1. The molecule has 0 radical (unpaired) electrons. The molecule has 0 bridgehead atoms. The van der Waals surface area contributed by atoms with Crippen LogP contribution in [0, 0.1) is 0 Å². The minimum Gasteiger partial charge on any atom is -0.474 e. The van der Waals surface area contributed by atoms with Crippen molar-refractivity contribution in [3.05, 3.63) is 23.9 Å². The summed E-state index contributed by atoms with van der Waals surface area (Å²) in [6.45, 7) is 0.985. The number of nitrogens with two attached hydrogens (primary N) is 1. The number of hydrogen-bond donors (Lipinski definition) is 1. The Morgan fingerprint density at radius 3 is 2.50 bits per heavy atom. The summed E-state index contributed by atoms with van der Waals surface area (Å²) >= 11 is 5.95. The van der Waals surface area contributed by atoms with Gasteiger partial charge in [0.25, 0.3) is 5.91 Å². The lowest BCUT2D eigenvalue weighted by Gasteiger charge is -2.34. The summed E-state index contributed by atoms with van der Waals surface area (Å²) in [5.74, 6) is -1.14. The van der Waals surface area contributed by atoms with Gasteiger partial charge >= 0.3 is 15.5 Å². The Balaban J connectivity index is 3.07. The summed E-state index contributed by atoms with van der Waals surface area (Å²) in [4.78, 5) is 12.9. The SMILES string of the molecule is CCN([C@@](C)(Cl)COc1ncccc1C(N)=O)S(=O)(=O)C(F)(F)F. The Bertz CT molecular complexity index is 710. The predicted octanol–water partition coefficient (Wildman–Crippen LogP) is 1.69. The van der Waals surface area contributed by atoms with E-state index in [0.717, 1.165) is 6.92 Å². The van der Waals surface area contributed by atoms with Crippen LogP contribution in [-0.2, 0) is 10.0 Å². The maximum Gasteiger partial charge on any atom is 0.511 e. The lowest BCUT2D eigenvalue weighted by Crippen LogP contribution is -2.53. The van der Waals surface area contributed by atoms with Crippen molar-refractivity contribution in [2.75, 3.05) is 13.2 Å². The number of aromatic nitrogens is 1. The highest BCUT2D eigenvalue weighted by molar-refractivity contribution is 7.90. The molecule has 1 aromatic rings. The van der Waals surface area contributed by atoms with Crippen molar-refractivity contribution in [3.8, 4) is 5.88 Å². The third-order valence-electron chi connectivity index (χ3n) is 2.90. The van der Waals surface area contributed by atoms with Gasteiger partial charge in [-0.05, 0) is 19.1 Å². The number of hydrogen-bond acceptors (Lipinski definition) is 5. The van der Waals surface area contributed by atoms with E-state index in [1.165, 1.54) is 25.3 Å². The molecule has 0 spiro atoms. The lowest BCUT2D eigenvalue weighted by atomic mass is 10.2. The Hall–Kier alpha value is -1.59. The predicted molar refractivity (Wildman–Crippen MR) is 79.9 cm³/mol. The largest absolute Gasteiger partial charge is 0.511 e. The molecular formula is C12H15ClF3N3O4S. The first-order valence-corrected chi connectivity index (χ1v) is 8.32. The summed E-state index contributed by atoms with van der Waals surface area (Å²) in [6, 6.07) is 2.69. The van der Waals surface area contributed by atoms with E-state index < -0.39 is 39.6 Å². The van der Waals surface area contributed by atoms with E-state index in [2.05, 4.69) is 4.98 Å². The van der Waals surface area contributed by atoms with E-state index in [0.29, 0.717) is 0 Å². The third kappa shape index (κ3) is 4.28. The van der Waals surface area contributed by atoms with Crippen molar-refractivity contribution in [1.82, 2.24) is 9.29 Å². The number of carbonyl (C=O) groups is 1. The molecule has 7 nitrogen and oxygen atoms in total. The number of halogens is 4. The van der Waals surface area contributed by atoms with Crippen LogP contribution in [-0.4, -0.2) is 47.3 Å².